The van der Waals surface area contributed by atoms with Gasteiger partial charge in [0.2, 0.25) is 5.95 Å². The van der Waals surface area contributed by atoms with Crippen LogP contribution in [0.4, 0.5) is 10.3 Å². The average molecular weight is 344 g/mol. The second-order valence-corrected chi connectivity index (χ2v) is 5.83. The predicted molar refractivity (Wildman–Crippen MR) is 97.3 cm³/mol. The third kappa shape index (κ3) is 5.52. The molecule has 0 spiro atoms. The van der Waals surface area contributed by atoms with Gasteiger partial charge in [0.1, 0.15) is 11.5 Å². The maximum atomic E-state index is 13.6. The van der Waals surface area contributed by atoms with Crippen molar-refractivity contribution in [1.82, 2.24) is 15.3 Å². The Balaban J connectivity index is 1.97. The van der Waals surface area contributed by atoms with Crippen LogP contribution in [-0.2, 0) is 6.42 Å². The van der Waals surface area contributed by atoms with Crippen molar-refractivity contribution >= 4 is 11.9 Å². The fraction of sp³-hybridized carbons (Fsp3) is 0.421. The van der Waals surface area contributed by atoms with Crippen LogP contribution < -0.4 is 10.2 Å². The van der Waals surface area contributed by atoms with E-state index in [4.69, 9.17) is 0 Å². The highest BCUT2D eigenvalue weighted by atomic mass is 19.1. The number of amides is 1. The maximum Gasteiger partial charge on any atom is 0.270 e. The quantitative estimate of drug-likeness (QED) is 0.759. The summed E-state index contributed by atoms with van der Waals surface area (Å²) < 4.78 is 13.6. The van der Waals surface area contributed by atoms with Gasteiger partial charge in [-0.3, -0.25) is 4.79 Å². The molecule has 0 radical (unpaired) electrons. The minimum atomic E-state index is -0.270. The Bertz CT molecular complexity index is 687. The number of anilines is 1. The van der Waals surface area contributed by atoms with Crippen LogP contribution in [0.15, 0.2) is 36.5 Å². The third-order valence-electron chi connectivity index (χ3n) is 3.78. The predicted octanol–water partition coefficient (Wildman–Crippen LogP) is 3.21. The highest BCUT2D eigenvalue weighted by Gasteiger charge is 2.12. The van der Waals surface area contributed by atoms with E-state index >= 15 is 0 Å². The van der Waals surface area contributed by atoms with Crippen LogP contribution >= 0.6 is 0 Å². The third-order valence-corrected chi connectivity index (χ3v) is 3.78. The number of hydrogen-bond donors (Lipinski definition) is 1. The van der Waals surface area contributed by atoms with E-state index in [-0.39, 0.29) is 11.7 Å². The van der Waals surface area contributed by atoms with Crippen molar-refractivity contribution in [3.63, 3.8) is 0 Å². The minimum absolute atomic E-state index is 0.254. The largest absolute Gasteiger partial charge is 0.350 e. The van der Waals surface area contributed by atoms with Gasteiger partial charge in [-0.15, -0.1) is 0 Å². The summed E-state index contributed by atoms with van der Waals surface area (Å²) in [4.78, 5) is 23.0. The second-order valence-electron chi connectivity index (χ2n) is 5.83. The molecule has 0 saturated heterocycles. The van der Waals surface area contributed by atoms with Crippen molar-refractivity contribution in [3.8, 4) is 0 Å². The highest BCUT2D eigenvalue weighted by Crippen LogP contribution is 2.10. The Morgan fingerprint density at radius 2 is 1.88 bits per heavy atom. The van der Waals surface area contributed by atoms with Crippen molar-refractivity contribution in [1.29, 1.82) is 0 Å². The first-order valence-corrected chi connectivity index (χ1v) is 8.75. The molecule has 0 bridgehead atoms. The van der Waals surface area contributed by atoms with E-state index in [0.717, 1.165) is 25.9 Å². The standard InChI is InChI=1S/C19H25FN4O/c1-3-13-24(14-4-2)19-22-12-10-17(23-19)18(25)21-11-9-15-7-5-6-8-16(15)20/h5-8,10,12H,3-4,9,11,13-14H2,1-2H3,(H,21,25). The zero-order valence-electron chi connectivity index (χ0n) is 14.8. The SMILES string of the molecule is CCCN(CCC)c1nccc(C(=O)NCCc2ccccc2F)n1. The monoisotopic (exact) mass is 344 g/mol. The fourth-order valence-corrected chi connectivity index (χ4v) is 2.58. The van der Waals surface area contributed by atoms with E-state index < -0.39 is 0 Å². The Morgan fingerprint density at radius 3 is 2.56 bits per heavy atom. The number of hydrogen-bond acceptors (Lipinski definition) is 4. The molecule has 1 amide bonds. The summed E-state index contributed by atoms with van der Waals surface area (Å²) in [5, 5.41) is 2.79. The molecule has 2 aromatic rings. The maximum absolute atomic E-state index is 13.6. The lowest BCUT2D eigenvalue weighted by Crippen LogP contribution is -2.30. The van der Waals surface area contributed by atoms with E-state index in [1.165, 1.54) is 6.07 Å². The molecule has 0 aliphatic heterocycles. The van der Waals surface area contributed by atoms with Crippen LogP contribution in [0.1, 0.15) is 42.7 Å². The van der Waals surface area contributed by atoms with E-state index in [1.54, 1.807) is 30.5 Å². The number of carbonyl (C=O) groups excluding carboxylic acids is 1. The number of carbonyl (C=O) groups is 1. The van der Waals surface area contributed by atoms with E-state index in [9.17, 15) is 9.18 Å². The molecule has 25 heavy (non-hydrogen) atoms. The van der Waals surface area contributed by atoms with Crippen molar-refractivity contribution in [2.45, 2.75) is 33.1 Å². The molecule has 6 heteroatoms. The molecule has 5 nitrogen and oxygen atoms in total. The zero-order valence-corrected chi connectivity index (χ0v) is 14.8. The van der Waals surface area contributed by atoms with Crippen molar-refractivity contribution in [2.24, 2.45) is 0 Å². The van der Waals surface area contributed by atoms with E-state index in [0.29, 0.717) is 30.2 Å². The summed E-state index contributed by atoms with van der Waals surface area (Å²) in [6.45, 7) is 6.26. The van der Waals surface area contributed by atoms with Crippen LogP contribution in [0.2, 0.25) is 0 Å². The van der Waals surface area contributed by atoms with Gasteiger partial charge in [0, 0.05) is 25.8 Å². The first-order chi connectivity index (χ1) is 12.2. The molecular weight excluding hydrogens is 319 g/mol. The van der Waals surface area contributed by atoms with Crippen LogP contribution in [0, 0.1) is 5.82 Å². The van der Waals surface area contributed by atoms with Gasteiger partial charge in [0.05, 0.1) is 0 Å². The Labute approximate surface area is 148 Å². The average Bonchev–Trinajstić information content (AvgIpc) is 2.63. The van der Waals surface area contributed by atoms with Gasteiger partial charge in [-0.2, -0.15) is 0 Å². The molecule has 0 aliphatic rings. The minimum Gasteiger partial charge on any atom is -0.350 e. The lowest BCUT2D eigenvalue weighted by Gasteiger charge is -2.21. The van der Waals surface area contributed by atoms with Gasteiger partial charge >= 0.3 is 0 Å². The number of benzene rings is 1. The molecule has 0 fully saturated rings. The van der Waals surface area contributed by atoms with Gasteiger partial charge in [-0.1, -0.05) is 32.0 Å². The molecule has 2 rings (SSSR count). The topological polar surface area (TPSA) is 58.1 Å². The van der Waals surface area contributed by atoms with E-state index in [1.807, 2.05) is 0 Å². The molecule has 0 atom stereocenters. The van der Waals surface area contributed by atoms with Crippen LogP contribution in [0.3, 0.4) is 0 Å². The summed E-state index contributed by atoms with van der Waals surface area (Å²) in [6.07, 6.45) is 4.02. The summed E-state index contributed by atoms with van der Waals surface area (Å²) in [5.41, 5.74) is 0.916. The smallest absolute Gasteiger partial charge is 0.270 e. The van der Waals surface area contributed by atoms with Gasteiger partial charge in [0.15, 0.2) is 0 Å². The lowest BCUT2D eigenvalue weighted by molar-refractivity contribution is 0.0949. The van der Waals surface area contributed by atoms with Gasteiger partial charge in [-0.05, 0) is 37.0 Å². The molecular formula is C19H25FN4O. The highest BCUT2D eigenvalue weighted by molar-refractivity contribution is 5.92. The number of nitrogens with zero attached hydrogens (tertiary/aromatic N) is 3. The first kappa shape index (κ1) is 18.8. The van der Waals surface area contributed by atoms with Crippen LogP contribution in [0.25, 0.3) is 0 Å². The fourth-order valence-electron chi connectivity index (χ4n) is 2.58. The number of rotatable bonds is 9. The lowest BCUT2D eigenvalue weighted by atomic mass is 10.1. The zero-order chi connectivity index (χ0) is 18.1. The Kier molecular flexibility index (Phi) is 7.32. The number of halogens is 1. The number of aromatic nitrogens is 2. The Morgan fingerprint density at radius 1 is 1.16 bits per heavy atom. The normalized spacial score (nSPS) is 10.5. The molecule has 0 saturated carbocycles. The van der Waals surface area contributed by atoms with Crippen LogP contribution in [-0.4, -0.2) is 35.5 Å². The molecule has 1 N–H and O–H groups in total. The summed E-state index contributed by atoms with van der Waals surface area (Å²) >= 11 is 0. The summed E-state index contributed by atoms with van der Waals surface area (Å²) in [5.74, 6) is 0.0502. The van der Waals surface area contributed by atoms with Gasteiger partial charge in [-0.25, -0.2) is 14.4 Å². The van der Waals surface area contributed by atoms with Crippen molar-refractivity contribution in [3.05, 3.63) is 53.6 Å². The van der Waals surface area contributed by atoms with E-state index in [2.05, 4.69) is 34.0 Å². The molecule has 1 aromatic carbocycles. The van der Waals surface area contributed by atoms with Crippen molar-refractivity contribution < 1.29 is 9.18 Å². The van der Waals surface area contributed by atoms with Crippen molar-refractivity contribution in [2.75, 3.05) is 24.5 Å². The van der Waals surface area contributed by atoms with Crippen LogP contribution in [0.5, 0.6) is 0 Å². The summed E-state index contributed by atoms with van der Waals surface area (Å²) in [7, 11) is 0. The van der Waals surface area contributed by atoms with Gasteiger partial charge < -0.3 is 10.2 Å². The summed E-state index contributed by atoms with van der Waals surface area (Å²) in [6, 6.07) is 8.17. The Hall–Kier alpha value is -2.50. The molecule has 134 valence electrons. The molecule has 0 unspecified atom stereocenters. The second kappa shape index (κ2) is 9.71. The molecule has 1 aromatic heterocycles. The van der Waals surface area contributed by atoms with Gasteiger partial charge in [0.25, 0.3) is 5.91 Å². The number of nitrogens with one attached hydrogen (secondary N) is 1. The molecule has 1 heterocycles. The first-order valence-electron chi connectivity index (χ1n) is 8.75. The molecule has 0 aliphatic carbocycles.